The van der Waals surface area contributed by atoms with Crippen molar-refractivity contribution >= 4 is 11.4 Å². The van der Waals surface area contributed by atoms with E-state index in [1.165, 1.54) is 32.1 Å². The Hall–Kier alpha value is -1.58. The van der Waals surface area contributed by atoms with Gasteiger partial charge in [0.2, 0.25) is 0 Å². The van der Waals surface area contributed by atoms with Gasteiger partial charge in [-0.1, -0.05) is 32.3 Å². The molecule has 1 aliphatic carbocycles. The Morgan fingerprint density at radius 2 is 1.90 bits per heavy atom. The molecular formula is C16H24N2O2. The molecule has 0 bridgehead atoms. The standard InChI is InChI=1S/C16H24N2O2/c1-3-13-5-7-14(8-6-13)11-17-15-9-4-12(2)10-16(15)18(19)20/h4,9-10,13-14,17H,3,5-8,11H2,1-2H3. The third kappa shape index (κ3) is 3.71. The predicted octanol–water partition coefficient (Wildman–Crippen LogP) is 4.53. The Bertz CT molecular complexity index is 466. The molecule has 0 amide bonds. The van der Waals surface area contributed by atoms with Gasteiger partial charge in [-0.15, -0.1) is 0 Å². The van der Waals surface area contributed by atoms with Gasteiger partial charge in [0.25, 0.3) is 5.69 Å². The van der Waals surface area contributed by atoms with Crippen molar-refractivity contribution in [2.75, 3.05) is 11.9 Å². The summed E-state index contributed by atoms with van der Waals surface area (Å²) in [5.41, 5.74) is 1.76. The van der Waals surface area contributed by atoms with Crippen molar-refractivity contribution in [2.24, 2.45) is 11.8 Å². The van der Waals surface area contributed by atoms with E-state index in [2.05, 4.69) is 12.2 Å². The van der Waals surface area contributed by atoms with E-state index in [0.717, 1.165) is 18.0 Å². The van der Waals surface area contributed by atoms with Crippen molar-refractivity contribution in [2.45, 2.75) is 46.0 Å². The van der Waals surface area contributed by atoms with Crippen LogP contribution in [0.15, 0.2) is 18.2 Å². The van der Waals surface area contributed by atoms with Crippen LogP contribution in [-0.2, 0) is 0 Å². The Morgan fingerprint density at radius 1 is 1.25 bits per heavy atom. The van der Waals surface area contributed by atoms with E-state index in [9.17, 15) is 10.1 Å². The smallest absolute Gasteiger partial charge is 0.292 e. The second-order valence-electron chi connectivity index (χ2n) is 5.95. The van der Waals surface area contributed by atoms with Gasteiger partial charge >= 0.3 is 0 Å². The molecule has 1 N–H and O–H groups in total. The molecule has 2 rings (SSSR count). The minimum absolute atomic E-state index is 0.187. The summed E-state index contributed by atoms with van der Waals surface area (Å²) in [6.07, 6.45) is 6.37. The lowest BCUT2D eigenvalue weighted by Crippen LogP contribution is -2.21. The van der Waals surface area contributed by atoms with Crippen LogP contribution in [-0.4, -0.2) is 11.5 Å². The number of nitrogens with one attached hydrogen (secondary N) is 1. The molecule has 110 valence electrons. The molecule has 0 unspecified atom stereocenters. The van der Waals surface area contributed by atoms with Crippen LogP contribution in [0.3, 0.4) is 0 Å². The van der Waals surface area contributed by atoms with Gasteiger partial charge in [0.05, 0.1) is 4.92 Å². The van der Waals surface area contributed by atoms with E-state index >= 15 is 0 Å². The first-order chi connectivity index (χ1) is 9.60. The van der Waals surface area contributed by atoms with E-state index in [1.54, 1.807) is 6.07 Å². The van der Waals surface area contributed by atoms with E-state index in [-0.39, 0.29) is 10.6 Å². The molecule has 0 spiro atoms. The Kier molecular flexibility index (Phi) is 4.99. The number of hydrogen-bond donors (Lipinski definition) is 1. The number of aryl methyl sites for hydroxylation is 1. The van der Waals surface area contributed by atoms with E-state index in [0.29, 0.717) is 11.6 Å². The van der Waals surface area contributed by atoms with Crippen molar-refractivity contribution < 1.29 is 4.92 Å². The highest BCUT2D eigenvalue weighted by Gasteiger charge is 2.21. The molecule has 1 saturated carbocycles. The molecular weight excluding hydrogens is 252 g/mol. The summed E-state index contributed by atoms with van der Waals surface area (Å²) in [5, 5.41) is 14.4. The van der Waals surface area contributed by atoms with Crippen LogP contribution in [0, 0.1) is 28.9 Å². The number of benzene rings is 1. The Morgan fingerprint density at radius 3 is 2.50 bits per heavy atom. The minimum Gasteiger partial charge on any atom is -0.379 e. The first-order valence-electron chi connectivity index (χ1n) is 7.59. The molecule has 1 fully saturated rings. The molecule has 0 aliphatic heterocycles. The number of rotatable bonds is 5. The molecule has 0 radical (unpaired) electrons. The monoisotopic (exact) mass is 276 g/mol. The lowest BCUT2D eigenvalue weighted by Gasteiger charge is -2.28. The summed E-state index contributed by atoms with van der Waals surface area (Å²) in [5.74, 6) is 1.54. The second-order valence-corrected chi connectivity index (χ2v) is 5.95. The highest BCUT2D eigenvalue weighted by molar-refractivity contribution is 5.62. The largest absolute Gasteiger partial charge is 0.379 e. The van der Waals surface area contributed by atoms with Gasteiger partial charge in [-0.05, 0) is 43.2 Å². The van der Waals surface area contributed by atoms with Gasteiger partial charge in [-0.2, -0.15) is 0 Å². The van der Waals surface area contributed by atoms with Gasteiger partial charge in [-0.3, -0.25) is 10.1 Å². The maximum absolute atomic E-state index is 11.1. The highest BCUT2D eigenvalue weighted by Crippen LogP contribution is 2.32. The zero-order valence-corrected chi connectivity index (χ0v) is 12.4. The molecule has 0 atom stereocenters. The highest BCUT2D eigenvalue weighted by atomic mass is 16.6. The van der Waals surface area contributed by atoms with Crippen molar-refractivity contribution in [3.63, 3.8) is 0 Å². The first kappa shape index (κ1) is 14.8. The lowest BCUT2D eigenvalue weighted by atomic mass is 9.81. The van der Waals surface area contributed by atoms with Gasteiger partial charge in [-0.25, -0.2) is 0 Å². The first-order valence-corrected chi connectivity index (χ1v) is 7.59. The zero-order valence-electron chi connectivity index (χ0n) is 12.4. The third-order valence-electron chi connectivity index (χ3n) is 4.47. The van der Waals surface area contributed by atoms with Gasteiger partial charge < -0.3 is 5.32 Å². The molecule has 1 aromatic rings. The predicted molar refractivity (Wildman–Crippen MR) is 82.1 cm³/mol. The van der Waals surface area contributed by atoms with Crippen LogP contribution in [0.1, 0.15) is 44.6 Å². The van der Waals surface area contributed by atoms with Crippen LogP contribution >= 0.6 is 0 Å². The zero-order chi connectivity index (χ0) is 14.5. The van der Waals surface area contributed by atoms with Gasteiger partial charge in [0.15, 0.2) is 0 Å². The molecule has 20 heavy (non-hydrogen) atoms. The van der Waals surface area contributed by atoms with Crippen molar-refractivity contribution in [1.29, 1.82) is 0 Å². The SMILES string of the molecule is CCC1CCC(CNc2ccc(C)cc2[N+](=O)[O-])CC1. The summed E-state index contributed by atoms with van der Waals surface area (Å²) >= 11 is 0. The second kappa shape index (κ2) is 6.73. The molecule has 1 aromatic carbocycles. The topological polar surface area (TPSA) is 55.2 Å². The summed E-state index contributed by atoms with van der Waals surface area (Å²) in [6, 6.07) is 5.38. The maximum Gasteiger partial charge on any atom is 0.292 e. The van der Waals surface area contributed by atoms with Crippen molar-refractivity contribution in [3.05, 3.63) is 33.9 Å². The van der Waals surface area contributed by atoms with Gasteiger partial charge in [0, 0.05) is 12.6 Å². The molecule has 0 heterocycles. The fraction of sp³-hybridized carbons (Fsp3) is 0.625. The Labute approximate surface area is 120 Å². The normalized spacial score (nSPS) is 22.5. The van der Waals surface area contributed by atoms with E-state index in [4.69, 9.17) is 0 Å². The molecule has 1 aliphatic rings. The molecule has 0 saturated heterocycles. The number of hydrogen-bond acceptors (Lipinski definition) is 3. The van der Waals surface area contributed by atoms with Crippen LogP contribution in [0.5, 0.6) is 0 Å². The average Bonchev–Trinajstić information content (AvgIpc) is 2.46. The van der Waals surface area contributed by atoms with Gasteiger partial charge in [0.1, 0.15) is 5.69 Å². The van der Waals surface area contributed by atoms with Crippen LogP contribution in [0.2, 0.25) is 0 Å². The van der Waals surface area contributed by atoms with Crippen molar-refractivity contribution in [3.8, 4) is 0 Å². The van der Waals surface area contributed by atoms with Crippen LogP contribution in [0.4, 0.5) is 11.4 Å². The summed E-state index contributed by atoms with van der Waals surface area (Å²) in [4.78, 5) is 10.8. The Balaban J connectivity index is 1.93. The summed E-state index contributed by atoms with van der Waals surface area (Å²) in [7, 11) is 0. The maximum atomic E-state index is 11.1. The number of anilines is 1. The molecule has 0 aromatic heterocycles. The number of nitrogens with zero attached hydrogens (tertiary/aromatic N) is 1. The minimum atomic E-state index is -0.302. The quantitative estimate of drug-likeness (QED) is 0.635. The van der Waals surface area contributed by atoms with Crippen molar-refractivity contribution in [1.82, 2.24) is 0 Å². The summed E-state index contributed by atoms with van der Waals surface area (Å²) in [6.45, 7) is 4.99. The number of nitro benzene ring substituents is 1. The average molecular weight is 276 g/mol. The fourth-order valence-electron chi connectivity index (χ4n) is 3.04. The summed E-state index contributed by atoms with van der Waals surface area (Å²) < 4.78 is 0. The van der Waals surface area contributed by atoms with Crippen LogP contribution < -0.4 is 5.32 Å². The molecule has 4 nitrogen and oxygen atoms in total. The lowest BCUT2D eigenvalue weighted by molar-refractivity contribution is -0.384. The van der Waals surface area contributed by atoms with E-state index in [1.807, 2.05) is 19.1 Å². The number of nitro groups is 1. The molecule has 4 heteroatoms. The third-order valence-corrected chi connectivity index (χ3v) is 4.47. The fourth-order valence-corrected chi connectivity index (χ4v) is 3.04. The van der Waals surface area contributed by atoms with E-state index < -0.39 is 0 Å². The van der Waals surface area contributed by atoms with Crippen LogP contribution in [0.25, 0.3) is 0 Å².